The van der Waals surface area contributed by atoms with Crippen LogP contribution >= 0.6 is 0 Å². The number of fused-ring (bicyclic) bond motifs is 1. The Morgan fingerprint density at radius 3 is 2.41 bits per heavy atom. The van der Waals surface area contributed by atoms with Gasteiger partial charge in [-0.15, -0.1) is 0 Å². The van der Waals surface area contributed by atoms with Crippen molar-refractivity contribution < 1.29 is 14.1 Å². The van der Waals surface area contributed by atoms with Gasteiger partial charge in [0.1, 0.15) is 5.82 Å². The number of rotatable bonds is 6. The topological polar surface area (TPSA) is 97.2 Å². The minimum Gasteiger partial charge on any atom is -0.378 e. The Hall–Kier alpha value is -4.33. The summed E-state index contributed by atoms with van der Waals surface area (Å²) in [5.74, 6) is -0.723. The van der Waals surface area contributed by atoms with Gasteiger partial charge in [0.2, 0.25) is 0 Å². The van der Waals surface area contributed by atoms with Crippen molar-refractivity contribution in [3.8, 4) is 0 Å². The number of anilines is 2. The van der Waals surface area contributed by atoms with Gasteiger partial charge < -0.3 is 10.6 Å². The van der Waals surface area contributed by atoms with Crippen LogP contribution in [-0.4, -0.2) is 15.8 Å². The van der Waals surface area contributed by atoms with Crippen LogP contribution in [0.1, 0.15) is 28.9 Å². The van der Waals surface area contributed by atoms with Crippen molar-refractivity contribution in [3.63, 3.8) is 0 Å². The summed E-state index contributed by atoms with van der Waals surface area (Å²) in [6.45, 7) is 1.97. The van der Waals surface area contributed by atoms with Crippen molar-refractivity contribution in [1.82, 2.24) is 4.98 Å². The monoisotopic (exact) mass is 430 g/mol. The predicted octanol–water partition coefficient (Wildman–Crippen LogP) is 5.71. The molecule has 32 heavy (non-hydrogen) atoms. The second-order valence-electron chi connectivity index (χ2n) is 7.26. The molecule has 0 fully saturated rings. The lowest BCUT2D eigenvalue weighted by Crippen LogP contribution is -2.12. The van der Waals surface area contributed by atoms with E-state index in [4.69, 9.17) is 0 Å². The molecule has 0 bridgehead atoms. The van der Waals surface area contributed by atoms with Crippen LogP contribution in [0, 0.1) is 15.9 Å². The van der Waals surface area contributed by atoms with E-state index in [9.17, 15) is 19.3 Å². The Kier molecular flexibility index (Phi) is 5.76. The molecule has 1 atom stereocenters. The number of nitrogens with zero attached hydrogens (tertiary/aromatic N) is 2. The number of hydrogen-bond acceptors (Lipinski definition) is 5. The second-order valence-corrected chi connectivity index (χ2v) is 7.26. The number of nitro benzene ring substituents is 1. The van der Waals surface area contributed by atoms with Crippen LogP contribution in [0.15, 0.2) is 79.1 Å². The highest BCUT2D eigenvalue weighted by Crippen LogP contribution is 2.32. The Labute approximate surface area is 183 Å². The smallest absolute Gasteiger partial charge is 0.278 e. The molecule has 0 saturated carbocycles. The van der Waals surface area contributed by atoms with E-state index >= 15 is 0 Å². The summed E-state index contributed by atoms with van der Waals surface area (Å²) in [6.07, 6.45) is 3.09. The first-order chi connectivity index (χ1) is 15.4. The van der Waals surface area contributed by atoms with Gasteiger partial charge in [0.15, 0.2) is 0 Å². The molecule has 4 rings (SSSR count). The largest absolute Gasteiger partial charge is 0.378 e. The molecule has 3 aromatic carbocycles. The minimum absolute atomic E-state index is 0.00699. The highest BCUT2D eigenvalue weighted by Gasteiger charge is 2.16. The lowest BCUT2D eigenvalue weighted by molar-refractivity contribution is -0.383. The number of carbonyl (C=O) groups is 1. The fourth-order valence-corrected chi connectivity index (χ4v) is 3.44. The summed E-state index contributed by atoms with van der Waals surface area (Å²) in [5, 5.41) is 18.6. The lowest BCUT2D eigenvalue weighted by Gasteiger charge is -2.18. The Balaban J connectivity index is 1.49. The van der Waals surface area contributed by atoms with Crippen molar-refractivity contribution in [1.29, 1.82) is 0 Å². The lowest BCUT2D eigenvalue weighted by atomic mass is 10.1. The third kappa shape index (κ3) is 4.39. The molecule has 4 aromatic rings. The van der Waals surface area contributed by atoms with Crippen LogP contribution in [-0.2, 0) is 0 Å². The van der Waals surface area contributed by atoms with E-state index < -0.39 is 10.7 Å². The number of halogens is 1. The molecule has 0 aliphatic carbocycles. The molecular formula is C24H19FN4O3. The van der Waals surface area contributed by atoms with E-state index in [2.05, 4.69) is 15.6 Å². The molecule has 160 valence electrons. The van der Waals surface area contributed by atoms with E-state index in [0.29, 0.717) is 22.0 Å². The third-order valence-electron chi connectivity index (χ3n) is 5.14. The van der Waals surface area contributed by atoms with Gasteiger partial charge in [-0.25, -0.2) is 4.39 Å². The molecular weight excluding hydrogens is 411 g/mol. The predicted molar refractivity (Wildman–Crippen MR) is 121 cm³/mol. The molecule has 0 saturated heterocycles. The fourth-order valence-electron chi connectivity index (χ4n) is 3.44. The number of amides is 1. The highest BCUT2D eigenvalue weighted by atomic mass is 19.1. The van der Waals surface area contributed by atoms with Crippen molar-refractivity contribution in [2.24, 2.45) is 0 Å². The van der Waals surface area contributed by atoms with Crippen LogP contribution in [0.5, 0.6) is 0 Å². The van der Waals surface area contributed by atoms with Gasteiger partial charge in [-0.05, 0) is 61.0 Å². The van der Waals surface area contributed by atoms with Crippen molar-refractivity contribution in [3.05, 3.63) is 106 Å². The van der Waals surface area contributed by atoms with Crippen LogP contribution < -0.4 is 10.6 Å². The maximum Gasteiger partial charge on any atom is 0.278 e. The molecule has 1 amide bonds. The number of aromatic nitrogens is 1. The van der Waals surface area contributed by atoms with E-state index in [1.54, 1.807) is 30.5 Å². The standard InChI is InChI=1S/C24H19FN4O3/c1-15(27-22-10-11-23(29(31)32)21-14-26-13-12-20(21)22)16-4-8-19(9-5-16)28-24(30)17-2-6-18(25)7-3-17/h2-15,27H,1H3,(H,28,30). The SMILES string of the molecule is CC(Nc1ccc([N+](=O)[O-])c2cnccc12)c1ccc(NC(=O)c2ccc(F)cc2)cc1. The first-order valence-corrected chi connectivity index (χ1v) is 9.87. The summed E-state index contributed by atoms with van der Waals surface area (Å²) in [5.41, 5.74) is 2.71. The quantitative estimate of drug-likeness (QED) is 0.302. The summed E-state index contributed by atoms with van der Waals surface area (Å²) in [7, 11) is 0. The molecule has 0 radical (unpaired) electrons. The molecule has 2 N–H and O–H groups in total. The van der Waals surface area contributed by atoms with E-state index in [0.717, 1.165) is 11.3 Å². The first kappa shape index (κ1) is 20.9. The summed E-state index contributed by atoms with van der Waals surface area (Å²) < 4.78 is 13.0. The number of carbonyl (C=O) groups excluding carboxylic acids is 1. The molecule has 0 aliphatic rings. The zero-order valence-electron chi connectivity index (χ0n) is 17.1. The fraction of sp³-hybridized carbons (Fsp3) is 0.0833. The van der Waals surface area contributed by atoms with Gasteiger partial charge in [0.05, 0.1) is 10.3 Å². The molecule has 1 heterocycles. The molecule has 1 aromatic heterocycles. The van der Waals surface area contributed by atoms with E-state index in [1.807, 2.05) is 19.1 Å². The van der Waals surface area contributed by atoms with Gasteiger partial charge in [-0.1, -0.05) is 12.1 Å². The van der Waals surface area contributed by atoms with Crippen LogP contribution in [0.3, 0.4) is 0 Å². The molecule has 0 aliphatic heterocycles. The van der Waals surface area contributed by atoms with Crippen molar-refractivity contribution in [2.45, 2.75) is 13.0 Å². The number of benzene rings is 3. The zero-order valence-corrected chi connectivity index (χ0v) is 17.1. The van der Waals surface area contributed by atoms with Gasteiger partial charge in [-0.3, -0.25) is 19.9 Å². The zero-order chi connectivity index (χ0) is 22.7. The summed E-state index contributed by atoms with van der Waals surface area (Å²) in [4.78, 5) is 27.2. The van der Waals surface area contributed by atoms with Crippen molar-refractivity contribution in [2.75, 3.05) is 10.6 Å². The van der Waals surface area contributed by atoms with Gasteiger partial charge in [0.25, 0.3) is 11.6 Å². The molecule has 8 heteroatoms. The van der Waals surface area contributed by atoms with E-state index in [1.165, 1.54) is 36.5 Å². The average Bonchev–Trinajstić information content (AvgIpc) is 2.80. The molecule has 7 nitrogen and oxygen atoms in total. The number of hydrogen-bond donors (Lipinski definition) is 2. The van der Waals surface area contributed by atoms with Gasteiger partial charge in [-0.2, -0.15) is 0 Å². The number of nitrogens with one attached hydrogen (secondary N) is 2. The van der Waals surface area contributed by atoms with Gasteiger partial charge in [0, 0.05) is 46.8 Å². The van der Waals surface area contributed by atoms with Crippen LogP contribution in [0.25, 0.3) is 10.8 Å². The van der Waals surface area contributed by atoms with Gasteiger partial charge >= 0.3 is 0 Å². The Bertz CT molecular complexity index is 1290. The minimum atomic E-state index is -0.420. The number of non-ortho nitro benzene ring substituents is 1. The van der Waals surface area contributed by atoms with E-state index in [-0.39, 0.29) is 17.6 Å². The van der Waals surface area contributed by atoms with Crippen molar-refractivity contribution >= 4 is 33.7 Å². The molecule has 0 spiro atoms. The highest BCUT2D eigenvalue weighted by molar-refractivity contribution is 6.04. The number of nitro groups is 1. The normalized spacial score (nSPS) is 11.7. The maximum atomic E-state index is 13.0. The van der Waals surface area contributed by atoms with Crippen LogP contribution in [0.4, 0.5) is 21.5 Å². The average molecular weight is 430 g/mol. The summed E-state index contributed by atoms with van der Waals surface area (Å²) in [6, 6.07) is 17.5. The molecule has 1 unspecified atom stereocenters. The third-order valence-corrected chi connectivity index (χ3v) is 5.14. The van der Waals surface area contributed by atoms with Crippen LogP contribution in [0.2, 0.25) is 0 Å². The first-order valence-electron chi connectivity index (χ1n) is 9.87. The second kappa shape index (κ2) is 8.81. The Morgan fingerprint density at radius 2 is 1.72 bits per heavy atom. The number of pyridine rings is 1. The maximum absolute atomic E-state index is 13.0. The Morgan fingerprint density at radius 1 is 1.00 bits per heavy atom. The summed E-state index contributed by atoms with van der Waals surface area (Å²) >= 11 is 0.